The van der Waals surface area contributed by atoms with E-state index in [-0.39, 0.29) is 11.9 Å². The topological polar surface area (TPSA) is 50.7 Å². The summed E-state index contributed by atoms with van der Waals surface area (Å²) < 4.78 is 13.1. The average molecular weight is 342 g/mol. The van der Waals surface area contributed by atoms with Crippen LogP contribution in [0.25, 0.3) is 10.8 Å². The smallest absolute Gasteiger partial charge is 0.188 e. The Bertz CT molecular complexity index is 771. The molecule has 0 fully saturated rings. The van der Waals surface area contributed by atoms with Crippen molar-refractivity contribution in [2.75, 3.05) is 0 Å². The summed E-state index contributed by atoms with van der Waals surface area (Å²) in [7, 11) is 0. The average Bonchev–Trinajstić information content (AvgIpc) is 3.06. The molecule has 24 heavy (non-hydrogen) atoms. The first kappa shape index (κ1) is 16.7. The highest BCUT2D eigenvalue weighted by molar-refractivity contribution is 7.13. The van der Waals surface area contributed by atoms with E-state index < -0.39 is 0 Å². The number of nitrogens with zero attached hydrogens (tertiary/aromatic N) is 3. The molecule has 1 N–H and O–H groups in total. The first-order valence-corrected chi connectivity index (χ1v) is 8.72. The van der Waals surface area contributed by atoms with Crippen molar-refractivity contribution in [2.24, 2.45) is 5.92 Å². The van der Waals surface area contributed by atoms with Crippen molar-refractivity contribution in [1.82, 2.24) is 20.3 Å². The van der Waals surface area contributed by atoms with Crippen molar-refractivity contribution in [3.63, 3.8) is 0 Å². The van der Waals surface area contributed by atoms with E-state index in [0.29, 0.717) is 18.3 Å². The van der Waals surface area contributed by atoms with Crippen molar-refractivity contribution in [3.05, 3.63) is 65.2 Å². The molecule has 0 unspecified atom stereocenters. The van der Waals surface area contributed by atoms with Gasteiger partial charge in [0.05, 0.1) is 5.69 Å². The quantitative estimate of drug-likeness (QED) is 0.728. The maximum atomic E-state index is 13.1. The molecule has 124 valence electrons. The number of hydrogen-bond donors (Lipinski definition) is 1. The third-order valence-electron chi connectivity index (χ3n) is 3.71. The molecule has 2 aromatic heterocycles. The molecule has 0 aliphatic carbocycles. The molecule has 0 saturated heterocycles. The van der Waals surface area contributed by atoms with Crippen LogP contribution in [0.4, 0.5) is 4.39 Å². The van der Waals surface area contributed by atoms with Gasteiger partial charge in [0.1, 0.15) is 5.82 Å². The highest BCUT2D eigenvalue weighted by Gasteiger charge is 2.16. The van der Waals surface area contributed by atoms with Crippen molar-refractivity contribution in [1.29, 1.82) is 0 Å². The van der Waals surface area contributed by atoms with Gasteiger partial charge in [0.2, 0.25) is 0 Å². The first-order valence-electron chi connectivity index (χ1n) is 7.84. The number of thiazole rings is 1. The zero-order valence-electron chi connectivity index (χ0n) is 13.6. The zero-order valence-corrected chi connectivity index (χ0v) is 14.4. The molecule has 3 rings (SSSR count). The van der Waals surface area contributed by atoms with Crippen molar-refractivity contribution in [3.8, 4) is 10.8 Å². The van der Waals surface area contributed by atoms with Crippen LogP contribution < -0.4 is 5.32 Å². The van der Waals surface area contributed by atoms with Crippen LogP contribution in [0.2, 0.25) is 0 Å². The molecule has 1 aromatic carbocycles. The molecular weight excluding hydrogens is 323 g/mol. The SMILES string of the molecule is CC(C)[C@H](NCc1csc(-c2ncccn2)n1)c1ccc(F)cc1. The molecule has 0 spiro atoms. The van der Waals surface area contributed by atoms with E-state index in [0.717, 1.165) is 16.3 Å². The van der Waals surface area contributed by atoms with Gasteiger partial charge in [0.15, 0.2) is 10.8 Å². The van der Waals surface area contributed by atoms with Gasteiger partial charge in [-0.1, -0.05) is 26.0 Å². The van der Waals surface area contributed by atoms with Crippen molar-refractivity contribution < 1.29 is 4.39 Å². The summed E-state index contributed by atoms with van der Waals surface area (Å²) in [4.78, 5) is 13.0. The molecular formula is C18H19FN4S. The minimum Gasteiger partial charge on any atom is -0.304 e. The summed E-state index contributed by atoms with van der Waals surface area (Å²) in [6, 6.07) is 8.59. The molecule has 6 heteroatoms. The molecule has 0 amide bonds. The Kier molecular flexibility index (Phi) is 5.27. The number of hydrogen-bond acceptors (Lipinski definition) is 5. The van der Waals surface area contributed by atoms with Gasteiger partial charge >= 0.3 is 0 Å². The highest BCUT2D eigenvalue weighted by Crippen LogP contribution is 2.24. The normalized spacial score (nSPS) is 12.5. The van der Waals surface area contributed by atoms with E-state index in [1.807, 2.05) is 17.5 Å². The van der Waals surface area contributed by atoms with Crippen LogP contribution in [0, 0.1) is 11.7 Å². The van der Waals surface area contributed by atoms with E-state index in [2.05, 4.69) is 34.1 Å². The highest BCUT2D eigenvalue weighted by atomic mass is 32.1. The fraction of sp³-hybridized carbons (Fsp3) is 0.278. The van der Waals surface area contributed by atoms with E-state index in [1.54, 1.807) is 18.5 Å². The standard InChI is InChI=1S/C18H19FN4S/c1-12(2)16(13-4-6-14(19)7-5-13)22-10-15-11-24-18(23-15)17-20-8-3-9-21-17/h3-9,11-12,16,22H,10H2,1-2H3/t16-/m0/s1. The van der Waals surface area contributed by atoms with E-state index in [9.17, 15) is 4.39 Å². The summed E-state index contributed by atoms with van der Waals surface area (Å²) in [5.74, 6) is 0.812. The fourth-order valence-electron chi connectivity index (χ4n) is 2.52. The lowest BCUT2D eigenvalue weighted by molar-refractivity contribution is 0.408. The molecule has 0 bridgehead atoms. The number of halogens is 1. The second-order valence-corrected chi connectivity index (χ2v) is 6.73. The van der Waals surface area contributed by atoms with Gasteiger partial charge in [-0.05, 0) is 29.7 Å². The predicted molar refractivity (Wildman–Crippen MR) is 94.0 cm³/mol. The monoisotopic (exact) mass is 342 g/mol. The zero-order chi connectivity index (χ0) is 16.9. The summed E-state index contributed by atoms with van der Waals surface area (Å²) in [6.07, 6.45) is 3.43. The van der Waals surface area contributed by atoms with Gasteiger partial charge in [-0.3, -0.25) is 0 Å². The number of rotatable bonds is 6. The van der Waals surface area contributed by atoms with Crippen molar-refractivity contribution >= 4 is 11.3 Å². The van der Waals surface area contributed by atoms with Gasteiger partial charge in [0.25, 0.3) is 0 Å². The number of aromatic nitrogens is 3. The fourth-order valence-corrected chi connectivity index (χ4v) is 3.29. The Hall–Kier alpha value is -2.18. The van der Waals surface area contributed by atoms with Crippen LogP contribution >= 0.6 is 11.3 Å². The second-order valence-electron chi connectivity index (χ2n) is 5.87. The molecule has 0 aliphatic heterocycles. The van der Waals surface area contributed by atoms with E-state index in [4.69, 9.17) is 0 Å². The van der Waals surface area contributed by atoms with Crippen LogP contribution in [0.15, 0.2) is 48.1 Å². The number of nitrogens with one attached hydrogen (secondary N) is 1. The Morgan fingerprint density at radius 2 is 1.83 bits per heavy atom. The predicted octanol–water partition coefficient (Wildman–Crippen LogP) is 4.23. The lowest BCUT2D eigenvalue weighted by atomic mass is 9.96. The summed E-state index contributed by atoms with van der Waals surface area (Å²) >= 11 is 1.53. The minimum atomic E-state index is -0.215. The van der Waals surface area contributed by atoms with Gasteiger partial charge in [-0.2, -0.15) is 0 Å². The molecule has 1 atom stereocenters. The van der Waals surface area contributed by atoms with Gasteiger partial charge in [-0.15, -0.1) is 11.3 Å². The molecule has 3 aromatic rings. The Morgan fingerprint density at radius 3 is 2.50 bits per heavy atom. The molecule has 0 aliphatic rings. The first-order chi connectivity index (χ1) is 11.6. The molecule has 0 saturated carbocycles. The summed E-state index contributed by atoms with van der Waals surface area (Å²) in [6.45, 7) is 4.93. The summed E-state index contributed by atoms with van der Waals surface area (Å²) in [5, 5.41) is 6.35. The van der Waals surface area contributed by atoms with Gasteiger partial charge in [-0.25, -0.2) is 19.3 Å². The second kappa shape index (κ2) is 7.59. The van der Waals surface area contributed by atoms with Gasteiger partial charge < -0.3 is 5.32 Å². The van der Waals surface area contributed by atoms with Crippen LogP contribution in [0.3, 0.4) is 0 Å². The third kappa shape index (κ3) is 4.01. The van der Waals surface area contributed by atoms with Gasteiger partial charge in [0, 0.05) is 30.4 Å². The Morgan fingerprint density at radius 1 is 1.12 bits per heavy atom. The lowest BCUT2D eigenvalue weighted by Crippen LogP contribution is -2.25. The summed E-state index contributed by atoms with van der Waals surface area (Å²) in [5.41, 5.74) is 2.03. The van der Waals surface area contributed by atoms with E-state index >= 15 is 0 Å². The third-order valence-corrected chi connectivity index (χ3v) is 4.59. The van der Waals surface area contributed by atoms with Crippen LogP contribution in [-0.4, -0.2) is 15.0 Å². The molecule has 0 radical (unpaired) electrons. The number of benzene rings is 1. The molecule has 2 heterocycles. The Balaban J connectivity index is 1.69. The maximum absolute atomic E-state index is 13.1. The van der Waals surface area contributed by atoms with Crippen LogP contribution in [-0.2, 0) is 6.54 Å². The Labute approximate surface area is 144 Å². The van der Waals surface area contributed by atoms with Crippen LogP contribution in [0.5, 0.6) is 0 Å². The van der Waals surface area contributed by atoms with Crippen LogP contribution in [0.1, 0.15) is 31.1 Å². The minimum absolute atomic E-state index is 0.142. The maximum Gasteiger partial charge on any atom is 0.188 e. The lowest BCUT2D eigenvalue weighted by Gasteiger charge is -2.22. The largest absolute Gasteiger partial charge is 0.304 e. The molecule has 4 nitrogen and oxygen atoms in total. The van der Waals surface area contributed by atoms with Crippen molar-refractivity contribution in [2.45, 2.75) is 26.4 Å². The van der Waals surface area contributed by atoms with E-state index in [1.165, 1.54) is 23.5 Å².